The molecule has 0 nitrogen and oxygen atoms in total. The second-order valence-electron chi connectivity index (χ2n) is 4.25. The molecule has 0 aromatic heterocycles. The van der Waals surface area contributed by atoms with E-state index < -0.39 is 0 Å². The van der Waals surface area contributed by atoms with Crippen molar-refractivity contribution in [2.75, 3.05) is 0 Å². The van der Waals surface area contributed by atoms with Gasteiger partial charge in [-0.2, -0.15) is 0 Å². The predicted molar refractivity (Wildman–Crippen MR) is 87.3 cm³/mol. The van der Waals surface area contributed by atoms with Gasteiger partial charge < -0.3 is 0 Å². The van der Waals surface area contributed by atoms with Gasteiger partial charge in [-0.15, -0.1) is 0 Å². The molecule has 2 radical (unpaired) electrons. The average molecular weight is 457 g/mol. The Bertz CT molecular complexity index is 335. The molecule has 0 saturated carbocycles. The Morgan fingerprint density at radius 3 is 0.857 bits per heavy atom. The van der Waals surface area contributed by atoms with E-state index in [1.165, 1.54) is 25.7 Å². The van der Waals surface area contributed by atoms with E-state index in [1.54, 1.807) is 0 Å². The maximum absolute atomic E-state index is 2.89. The summed E-state index contributed by atoms with van der Waals surface area (Å²) in [7, 11) is 0. The van der Waals surface area contributed by atoms with Crippen molar-refractivity contribution in [2.24, 2.45) is 0 Å². The van der Waals surface area contributed by atoms with Crippen molar-refractivity contribution in [3.63, 3.8) is 0 Å². The Balaban J connectivity index is 0.000000283. The second kappa shape index (κ2) is 16.7. The first-order chi connectivity index (χ1) is 10.0. The normalized spacial score (nSPS) is 15.2. The van der Waals surface area contributed by atoms with Gasteiger partial charge in [0.1, 0.15) is 0 Å². The molecule has 0 aliphatic heterocycles. The van der Waals surface area contributed by atoms with Crippen LogP contribution in [0.15, 0.2) is 85.0 Å². The SMILES string of the molecule is C1=C\CC/C=C\CC/1.[Pt].[c]1ccccc1.[c]1ccccc1. The first-order valence-electron chi connectivity index (χ1n) is 7.12. The fourth-order valence-electron chi connectivity index (χ4n) is 1.54. The average Bonchev–Trinajstić information content (AvgIpc) is 2.51. The van der Waals surface area contributed by atoms with Crippen LogP contribution in [0, 0.1) is 12.1 Å². The molecule has 112 valence electrons. The summed E-state index contributed by atoms with van der Waals surface area (Å²) in [6.45, 7) is 0. The number of allylic oxidation sites excluding steroid dienone is 4. The quantitative estimate of drug-likeness (QED) is 0.449. The Morgan fingerprint density at radius 2 is 0.714 bits per heavy atom. The monoisotopic (exact) mass is 457 g/mol. The minimum atomic E-state index is 0. The summed E-state index contributed by atoms with van der Waals surface area (Å²) < 4.78 is 0. The topological polar surface area (TPSA) is 0 Å². The van der Waals surface area contributed by atoms with Crippen LogP contribution in [0.1, 0.15) is 25.7 Å². The molecule has 0 spiro atoms. The molecule has 2 aromatic rings. The van der Waals surface area contributed by atoms with Crippen LogP contribution >= 0.6 is 0 Å². The maximum Gasteiger partial charge on any atom is 0 e. The summed E-state index contributed by atoms with van der Waals surface area (Å²) in [4.78, 5) is 0. The van der Waals surface area contributed by atoms with Gasteiger partial charge in [0.25, 0.3) is 0 Å². The molecule has 0 heterocycles. The fraction of sp³-hybridized carbons (Fsp3) is 0.200. The summed E-state index contributed by atoms with van der Waals surface area (Å²) in [5.41, 5.74) is 0. The van der Waals surface area contributed by atoms with Gasteiger partial charge in [-0.05, 0) is 37.8 Å². The van der Waals surface area contributed by atoms with Crippen molar-refractivity contribution in [3.05, 3.63) is 97.1 Å². The first-order valence-corrected chi connectivity index (χ1v) is 7.12. The van der Waals surface area contributed by atoms with Crippen molar-refractivity contribution in [1.82, 2.24) is 0 Å². The zero-order valence-electron chi connectivity index (χ0n) is 12.2. The van der Waals surface area contributed by atoms with Crippen molar-refractivity contribution >= 4 is 0 Å². The van der Waals surface area contributed by atoms with Gasteiger partial charge in [0.2, 0.25) is 0 Å². The minimum absolute atomic E-state index is 0. The molecule has 0 bridgehead atoms. The van der Waals surface area contributed by atoms with Crippen LogP contribution in [0.25, 0.3) is 0 Å². The number of benzene rings is 2. The van der Waals surface area contributed by atoms with Gasteiger partial charge >= 0.3 is 0 Å². The van der Waals surface area contributed by atoms with Crippen LogP contribution in [-0.4, -0.2) is 0 Å². The number of hydrogen-bond donors (Lipinski definition) is 0. The molecular weight excluding hydrogens is 435 g/mol. The van der Waals surface area contributed by atoms with Gasteiger partial charge in [-0.25, -0.2) is 0 Å². The van der Waals surface area contributed by atoms with Crippen LogP contribution in [0.3, 0.4) is 0 Å². The molecule has 1 aliphatic rings. The van der Waals surface area contributed by atoms with Gasteiger partial charge in [0.15, 0.2) is 0 Å². The largest absolute Gasteiger partial charge is 0.0882 e. The summed E-state index contributed by atoms with van der Waals surface area (Å²) in [5.74, 6) is 0. The molecule has 0 amide bonds. The van der Waals surface area contributed by atoms with Crippen molar-refractivity contribution < 1.29 is 21.1 Å². The number of rotatable bonds is 0. The van der Waals surface area contributed by atoms with E-state index in [4.69, 9.17) is 0 Å². The van der Waals surface area contributed by atoms with E-state index in [0.717, 1.165) is 0 Å². The molecule has 1 aliphatic carbocycles. The van der Waals surface area contributed by atoms with Gasteiger partial charge in [-0.1, -0.05) is 85.0 Å². The standard InChI is InChI=1S/C8H12.2C6H5.Pt/c1-2-4-6-8-7-5-3-1;2*1-2-4-6-5-3-1;/h1-2,7-8H,3-6H2;2*1-5H;/b2-1-,8-7-;;;. The third kappa shape index (κ3) is 14.8. The van der Waals surface area contributed by atoms with Crippen LogP contribution < -0.4 is 0 Å². The Kier molecular flexibility index (Phi) is 15.6. The van der Waals surface area contributed by atoms with E-state index in [1.807, 2.05) is 60.7 Å². The van der Waals surface area contributed by atoms with Gasteiger partial charge in [-0.3, -0.25) is 0 Å². The third-order valence-electron chi connectivity index (χ3n) is 2.55. The zero-order chi connectivity index (χ0) is 14.1. The number of hydrogen-bond acceptors (Lipinski definition) is 0. The van der Waals surface area contributed by atoms with E-state index >= 15 is 0 Å². The van der Waals surface area contributed by atoms with Crippen LogP contribution in [0.2, 0.25) is 0 Å². The molecule has 1 heteroatoms. The molecule has 2 aromatic carbocycles. The Labute approximate surface area is 143 Å². The van der Waals surface area contributed by atoms with Crippen LogP contribution in [0.5, 0.6) is 0 Å². The van der Waals surface area contributed by atoms with E-state index in [-0.39, 0.29) is 21.1 Å². The summed E-state index contributed by atoms with van der Waals surface area (Å²) in [6, 6.07) is 25.0. The Hall–Kier alpha value is -1.39. The zero-order valence-corrected chi connectivity index (χ0v) is 14.5. The van der Waals surface area contributed by atoms with Crippen molar-refractivity contribution in [1.29, 1.82) is 0 Å². The molecule has 0 atom stereocenters. The van der Waals surface area contributed by atoms with Crippen LogP contribution in [0.4, 0.5) is 0 Å². The van der Waals surface area contributed by atoms with Crippen molar-refractivity contribution in [2.45, 2.75) is 25.7 Å². The molecular formula is C20H22Pt. The van der Waals surface area contributed by atoms with E-state index in [2.05, 4.69) is 36.4 Å². The molecule has 0 fully saturated rings. The summed E-state index contributed by atoms with van der Waals surface area (Å²) >= 11 is 0. The molecule has 3 rings (SSSR count). The van der Waals surface area contributed by atoms with E-state index in [9.17, 15) is 0 Å². The maximum atomic E-state index is 2.89. The first kappa shape index (κ1) is 19.6. The summed E-state index contributed by atoms with van der Waals surface area (Å²) in [6.07, 6.45) is 14.0. The van der Waals surface area contributed by atoms with Crippen molar-refractivity contribution in [3.8, 4) is 0 Å². The van der Waals surface area contributed by atoms with Gasteiger partial charge in [0.05, 0.1) is 0 Å². The smallest absolute Gasteiger partial charge is 0 e. The van der Waals surface area contributed by atoms with Gasteiger partial charge in [0, 0.05) is 21.1 Å². The molecule has 0 saturated heterocycles. The molecule has 21 heavy (non-hydrogen) atoms. The van der Waals surface area contributed by atoms with Crippen LogP contribution in [-0.2, 0) is 21.1 Å². The fourth-order valence-corrected chi connectivity index (χ4v) is 1.54. The predicted octanol–water partition coefficient (Wildman–Crippen LogP) is 5.64. The molecule has 0 N–H and O–H groups in total. The summed E-state index contributed by atoms with van der Waals surface area (Å²) in [5, 5.41) is 0. The molecule has 0 unspecified atom stereocenters. The minimum Gasteiger partial charge on any atom is -0.0882 e. The third-order valence-corrected chi connectivity index (χ3v) is 2.55. The second-order valence-corrected chi connectivity index (χ2v) is 4.25. The Morgan fingerprint density at radius 1 is 0.429 bits per heavy atom. The van der Waals surface area contributed by atoms with E-state index in [0.29, 0.717) is 0 Å².